The van der Waals surface area contributed by atoms with Crippen molar-refractivity contribution in [3.63, 3.8) is 0 Å². The fourth-order valence-corrected chi connectivity index (χ4v) is 2.63. The number of anilines is 1. The molecule has 3 rings (SSSR count). The maximum Gasteiger partial charge on any atom is 0.319 e. The predicted molar refractivity (Wildman–Crippen MR) is 113 cm³/mol. The number of amides is 2. The van der Waals surface area contributed by atoms with Crippen LogP contribution in [0, 0.1) is 6.92 Å². The molecule has 2 N–H and O–H groups in total. The first kappa shape index (κ1) is 20.1. The van der Waals surface area contributed by atoms with Gasteiger partial charge in [-0.3, -0.25) is 0 Å². The number of rotatable bonds is 8. The molecule has 150 valence electrons. The maximum absolute atomic E-state index is 12.0. The van der Waals surface area contributed by atoms with Crippen LogP contribution in [0.15, 0.2) is 72.8 Å². The van der Waals surface area contributed by atoms with Crippen molar-refractivity contribution in [2.75, 3.05) is 25.6 Å². The smallest absolute Gasteiger partial charge is 0.319 e. The Morgan fingerprint density at radius 1 is 0.897 bits per heavy atom. The number of carbonyl (C=O) groups excluding carboxylic acids is 1. The van der Waals surface area contributed by atoms with Gasteiger partial charge in [-0.05, 0) is 61.0 Å². The third-order valence-corrected chi connectivity index (χ3v) is 4.06. The summed E-state index contributed by atoms with van der Waals surface area (Å²) in [6.07, 6.45) is 0. The standard InChI is InChI=1S/C23H24N2O4/c1-17-8-13-21(22(16-17)27-2)28-15-14-24-23(26)25-18-9-11-20(12-10-18)29-19-6-4-3-5-7-19/h3-13,16H,14-15H2,1-2H3,(H2,24,25,26). The van der Waals surface area contributed by atoms with Gasteiger partial charge in [-0.2, -0.15) is 0 Å². The van der Waals surface area contributed by atoms with E-state index in [2.05, 4.69) is 10.6 Å². The second kappa shape index (κ2) is 10.0. The lowest BCUT2D eigenvalue weighted by molar-refractivity contribution is 0.246. The van der Waals surface area contributed by atoms with Gasteiger partial charge in [-0.1, -0.05) is 24.3 Å². The monoisotopic (exact) mass is 392 g/mol. The summed E-state index contributed by atoms with van der Waals surface area (Å²) < 4.78 is 16.7. The number of nitrogens with one attached hydrogen (secondary N) is 2. The number of methoxy groups -OCH3 is 1. The minimum absolute atomic E-state index is 0.304. The normalized spacial score (nSPS) is 10.1. The number of urea groups is 1. The quantitative estimate of drug-likeness (QED) is 0.530. The fourth-order valence-electron chi connectivity index (χ4n) is 2.63. The largest absolute Gasteiger partial charge is 0.493 e. The predicted octanol–water partition coefficient (Wildman–Crippen LogP) is 5.00. The van der Waals surface area contributed by atoms with E-state index in [1.165, 1.54) is 0 Å². The second-order valence-electron chi connectivity index (χ2n) is 6.32. The summed E-state index contributed by atoms with van der Waals surface area (Å²) in [5.41, 5.74) is 1.76. The molecule has 0 saturated heterocycles. The second-order valence-corrected chi connectivity index (χ2v) is 6.32. The van der Waals surface area contributed by atoms with E-state index in [9.17, 15) is 4.79 Å². The third kappa shape index (κ3) is 6.17. The first-order chi connectivity index (χ1) is 14.1. The van der Waals surface area contributed by atoms with Crippen LogP contribution in [0.1, 0.15) is 5.56 Å². The molecule has 0 fully saturated rings. The summed E-state index contributed by atoms with van der Waals surface area (Å²) in [5, 5.41) is 5.53. The van der Waals surface area contributed by atoms with Gasteiger partial charge >= 0.3 is 6.03 Å². The Bertz CT molecular complexity index is 927. The van der Waals surface area contributed by atoms with Gasteiger partial charge in [-0.15, -0.1) is 0 Å². The van der Waals surface area contributed by atoms with Crippen LogP contribution in [0.3, 0.4) is 0 Å². The molecule has 6 nitrogen and oxygen atoms in total. The molecule has 0 saturated carbocycles. The van der Waals surface area contributed by atoms with Crippen molar-refractivity contribution in [1.82, 2.24) is 5.32 Å². The van der Waals surface area contributed by atoms with E-state index in [1.54, 1.807) is 31.4 Å². The van der Waals surface area contributed by atoms with Crippen LogP contribution in [-0.2, 0) is 0 Å². The average Bonchev–Trinajstić information content (AvgIpc) is 2.74. The number of hydrogen-bond donors (Lipinski definition) is 2. The Balaban J connectivity index is 1.41. The van der Waals surface area contributed by atoms with Crippen molar-refractivity contribution >= 4 is 11.7 Å². The van der Waals surface area contributed by atoms with E-state index in [-0.39, 0.29) is 6.03 Å². The minimum Gasteiger partial charge on any atom is -0.493 e. The molecule has 2 amide bonds. The molecule has 6 heteroatoms. The lowest BCUT2D eigenvalue weighted by Gasteiger charge is -2.12. The van der Waals surface area contributed by atoms with Crippen LogP contribution < -0.4 is 24.8 Å². The van der Waals surface area contributed by atoms with Crippen molar-refractivity contribution in [1.29, 1.82) is 0 Å². The topological polar surface area (TPSA) is 68.8 Å². The van der Waals surface area contributed by atoms with Gasteiger partial charge < -0.3 is 24.8 Å². The molecule has 0 bridgehead atoms. The molecule has 0 unspecified atom stereocenters. The molecule has 0 aliphatic heterocycles. The van der Waals surface area contributed by atoms with Gasteiger partial charge in [0.05, 0.1) is 13.7 Å². The van der Waals surface area contributed by atoms with E-state index >= 15 is 0 Å². The summed E-state index contributed by atoms with van der Waals surface area (Å²) in [5.74, 6) is 2.78. The van der Waals surface area contributed by atoms with E-state index < -0.39 is 0 Å². The Morgan fingerprint density at radius 2 is 1.62 bits per heavy atom. The van der Waals surface area contributed by atoms with Gasteiger partial charge in [-0.25, -0.2) is 4.79 Å². The summed E-state index contributed by atoms with van der Waals surface area (Å²) in [7, 11) is 1.60. The number of aryl methyl sites for hydroxylation is 1. The van der Waals surface area contributed by atoms with Gasteiger partial charge in [0.25, 0.3) is 0 Å². The highest BCUT2D eigenvalue weighted by molar-refractivity contribution is 5.89. The molecule has 3 aromatic carbocycles. The SMILES string of the molecule is COc1cc(C)ccc1OCCNC(=O)Nc1ccc(Oc2ccccc2)cc1. The van der Waals surface area contributed by atoms with Crippen molar-refractivity contribution in [2.45, 2.75) is 6.92 Å². The maximum atomic E-state index is 12.0. The Morgan fingerprint density at radius 3 is 2.34 bits per heavy atom. The molecular weight excluding hydrogens is 368 g/mol. The summed E-state index contributed by atoms with van der Waals surface area (Å²) in [6, 6.07) is 22.1. The minimum atomic E-state index is -0.304. The first-order valence-electron chi connectivity index (χ1n) is 9.29. The van der Waals surface area contributed by atoms with Crippen LogP contribution in [0.25, 0.3) is 0 Å². The molecule has 0 aliphatic carbocycles. The number of ether oxygens (including phenoxy) is 3. The molecule has 0 aliphatic rings. The molecule has 0 heterocycles. The molecule has 0 atom stereocenters. The van der Waals surface area contributed by atoms with Crippen molar-refractivity contribution in [3.05, 3.63) is 78.4 Å². The van der Waals surface area contributed by atoms with Gasteiger partial charge in [0.1, 0.15) is 18.1 Å². The number of carbonyl (C=O) groups is 1. The zero-order valence-corrected chi connectivity index (χ0v) is 16.5. The summed E-state index contributed by atoms with van der Waals surface area (Å²) in [6.45, 7) is 2.67. The molecule has 3 aromatic rings. The molecular formula is C23H24N2O4. The number of hydrogen-bond acceptors (Lipinski definition) is 4. The van der Waals surface area contributed by atoms with Crippen LogP contribution >= 0.6 is 0 Å². The zero-order chi connectivity index (χ0) is 20.5. The van der Waals surface area contributed by atoms with Crippen molar-refractivity contribution in [3.8, 4) is 23.0 Å². The Kier molecular flexibility index (Phi) is 6.95. The van der Waals surface area contributed by atoms with Crippen molar-refractivity contribution < 1.29 is 19.0 Å². The van der Waals surface area contributed by atoms with E-state index in [0.717, 1.165) is 11.3 Å². The van der Waals surface area contributed by atoms with E-state index in [4.69, 9.17) is 14.2 Å². The van der Waals surface area contributed by atoms with Crippen LogP contribution in [0.5, 0.6) is 23.0 Å². The lowest BCUT2D eigenvalue weighted by atomic mass is 10.2. The number of benzene rings is 3. The van der Waals surface area contributed by atoms with Crippen molar-refractivity contribution in [2.24, 2.45) is 0 Å². The Labute approximate surface area is 170 Å². The van der Waals surface area contributed by atoms with Crippen LogP contribution in [0.4, 0.5) is 10.5 Å². The highest BCUT2D eigenvalue weighted by atomic mass is 16.5. The fraction of sp³-hybridized carbons (Fsp3) is 0.174. The molecule has 0 aromatic heterocycles. The Hall–Kier alpha value is -3.67. The van der Waals surface area contributed by atoms with Crippen LogP contribution in [0.2, 0.25) is 0 Å². The van der Waals surface area contributed by atoms with Gasteiger partial charge in [0, 0.05) is 5.69 Å². The molecule has 29 heavy (non-hydrogen) atoms. The van der Waals surface area contributed by atoms with Gasteiger partial charge in [0.15, 0.2) is 11.5 Å². The zero-order valence-electron chi connectivity index (χ0n) is 16.5. The van der Waals surface area contributed by atoms with Gasteiger partial charge in [0.2, 0.25) is 0 Å². The van der Waals surface area contributed by atoms with Crippen LogP contribution in [-0.4, -0.2) is 26.3 Å². The first-order valence-corrected chi connectivity index (χ1v) is 9.29. The summed E-state index contributed by atoms with van der Waals surface area (Å²) in [4.78, 5) is 12.0. The lowest BCUT2D eigenvalue weighted by Crippen LogP contribution is -2.32. The molecule has 0 spiro atoms. The average molecular weight is 392 g/mol. The third-order valence-electron chi connectivity index (χ3n) is 4.06. The molecule has 0 radical (unpaired) electrons. The highest BCUT2D eigenvalue weighted by Gasteiger charge is 2.06. The highest BCUT2D eigenvalue weighted by Crippen LogP contribution is 2.27. The number of para-hydroxylation sites is 1. The van der Waals surface area contributed by atoms with E-state index in [0.29, 0.717) is 36.1 Å². The van der Waals surface area contributed by atoms with E-state index in [1.807, 2.05) is 55.5 Å². The summed E-state index contributed by atoms with van der Waals surface area (Å²) >= 11 is 0.